The van der Waals surface area contributed by atoms with Crippen LogP contribution in [-0.2, 0) is 6.42 Å². The normalized spacial score (nSPS) is 13.9. The summed E-state index contributed by atoms with van der Waals surface area (Å²) in [4.78, 5) is 11.9. The molecule has 0 saturated carbocycles. The Balaban J connectivity index is 2.06. The van der Waals surface area contributed by atoms with Gasteiger partial charge in [0.15, 0.2) is 0 Å². The van der Waals surface area contributed by atoms with Crippen LogP contribution in [-0.4, -0.2) is 29.8 Å². The number of hydrogen-bond donors (Lipinski definition) is 2. The van der Waals surface area contributed by atoms with E-state index in [0.717, 1.165) is 23.4 Å². The molecule has 92 valence electrons. The molecule has 5 nitrogen and oxygen atoms in total. The lowest BCUT2D eigenvalue weighted by Crippen LogP contribution is -2.31. The average molecular weight is 243 g/mol. The summed E-state index contributed by atoms with van der Waals surface area (Å²) in [6, 6.07) is 7.52. The summed E-state index contributed by atoms with van der Waals surface area (Å²) in [6.45, 7) is 0.663. The van der Waals surface area contributed by atoms with Gasteiger partial charge in [0.1, 0.15) is 11.4 Å². The molecule has 2 N–H and O–H groups in total. The molecule has 1 aromatic carbocycles. The van der Waals surface area contributed by atoms with Crippen LogP contribution in [0, 0.1) is 0 Å². The Morgan fingerprint density at radius 2 is 2.06 bits per heavy atom. The quantitative estimate of drug-likeness (QED) is 0.837. The molecule has 1 aromatic heterocycles. The fourth-order valence-electron chi connectivity index (χ4n) is 2.15. The van der Waals surface area contributed by atoms with Gasteiger partial charge in [-0.25, -0.2) is 0 Å². The average Bonchev–Trinajstić information content (AvgIpc) is 2.84. The van der Waals surface area contributed by atoms with E-state index in [9.17, 15) is 4.79 Å². The minimum atomic E-state index is -0.0594. The lowest BCUT2D eigenvalue weighted by Gasteiger charge is -2.12. The Morgan fingerprint density at radius 3 is 2.78 bits per heavy atom. The van der Waals surface area contributed by atoms with Crippen LogP contribution in [0.15, 0.2) is 24.3 Å². The van der Waals surface area contributed by atoms with Crippen molar-refractivity contribution in [3.05, 3.63) is 35.5 Å². The van der Waals surface area contributed by atoms with E-state index in [1.54, 1.807) is 7.11 Å². The number of H-pyrrole nitrogens is 1. The Morgan fingerprint density at radius 1 is 1.28 bits per heavy atom. The Kier molecular flexibility index (Phi) is 2.51. The number of amides is 1. The second-order valence-electron chi connectivity index (χ2n) is 4.16. The fourth-order valence-corrected chi connectivity index (χ4v) is 2.15. The largest absolute Gasteiger partial charge is 0.497 e. The Bertz CT molecular complexity index is 587. The number of carbonyl (C=O) groups is 1. The molecule has 0 aliphatic carbocycles. The summed E-state index contributed by atoms with van der Waals surface area (Å²) < 4.78 is 5.11. The van der Waals surface area contributed by atoms with Crippen molar-refractivity contribution in [2.45, 2.75) is 6.42 Å². The molecule has 0 fully saturated rings. The van der Waals surface area contributed by atoms with Crippen molar-refractivity contribution < 1.29 is 9.53 Å². The van der Waals surface area contributed by atoms with Gasteiger partial charge in [0.2, 0.25) is 0 Å². The van der Waals surface area contributed by atoms with Gasteiger partial charge in [0.25, 0.3) is 5.91 Å². The summed E-state index contributed by atoms with van der Waals surface area (Å²) >= 11 is 0. The highest BCUT2D eigenvalue weighted by Gasteiger charge is 2.24. The monoisotopic (exact) mass is 243 g/mol. The molecule has 0 radical (unpaired) electrons. The number of rotatable bonds is 2. The van der Waals surface area contributed by atoms with E-state index in [1.807, 2.05) is 24.3 Å². The SMILES string of the molecule is COc1ccc(-c2n[nH]c3c2C(=O)NCC3)cc1. The van der Waals surface area contributed by atoms with Crippen molar-refractivity contribution in [1.29, 1.82) is 0 Å². The third-order valence-corrected chi connectivity index (χ3v) is 3.09. The van der Waals surface area contributed by atoms with Crippen LogP contribution >= 0.6 is 0 Å². The first-order valence-corrected chi connectivity index (χ1v) is 5.79. The molecule has 2 heterocycles. The first kappa shape index (κ1) is 10.8. The van der Waals surface area contributed by atoms with Crippen LogP contribution in [0.1, 0.15) is 16.1 Å². The van der Waals surface area contributed by atoms with E-state index in [-0.39, 0.29) is 5.91 Å². The standard InChI is InChI=1S/C13H13N3O2/c1-18-9-4-2-8(3-5-9)12-11-10(15-16-12)6-7-14-13(11)17/h2-5H,6-7H2,1H3,(H,14,17)(H,15,16). The van der Waals surface area contributed by atoms with Gasteiger partial charge >= 0.3 is 0 Å². The minimum absolute atomic E-state index is 0.0594. The number of nitrogens with one attached hydrogen (secondary N) is 2. The molecule has 0 atom stereocenters. The zero-order valence-electron chi connectivity index (χ0n) is 9.99. The molecule has 0 spiro atoms. The van der Waals surface area contributed by atoms with E-state index in [0.29, 0.717) is 17.8 Å². The molecule has 1 amide bonds. The van der Waals surface area contributed by atoms with Crippen molar-refractivity contribution in [3.63, 3.8) is 0 Å². The topological polar surface area (TPSA) is 67.0 Å². The van der Waals surface area contributed by atoms with Gasteiger partial charge in [-0.2, -0.15) is 5.10 Å². The van der Waals surface area contributed by atoms with Crippen LogP contribution < -0.4 is 10.1 Å². The number of methoxy groups -OCH3 is 1. The van der Waals surface area contributed by atoms with Gasteiger partial charge in [0, 0.05) is 18.5 Å². The zero-order chi connectivity index (χ0) is 12.5. The second kappa shape index (κ2) is 4.18. The van der Waals surface area contributed by atoms with E-state index in [2.05, 4.69) is 15.5 Å². The van der Waals surface area contributed by atoms with Crippen LogP contribution in [0.5, 0.6) is 5.75 Å². The highest BCUT2D eigenvalue weighted by Crippen LogP contribution is 2.27. The molecular formula is C13H13N3O2. The maximum absolute atomic E-state index is 11.9. The van der Waals surface area contributed by atoms with Crippen LogP contribution in [0.4, 0.5) is 0 Å². The van der Waals surface area contributed by atoms with Crippen LogP contribution in [0.25, 0.3) is 11.3 Å². The van der Waals surface area contributed by atoms with Crippen LogP contribution in [0.2, 0.25) is 0 Å². The molecule has 3 rings (SSSR count). The fraction of sp³-hybridized carbons (Fsp3) is 0.231. The van der Waals surface area contributed by atoms with Crippen molar-refractivity contribution in [2.75, 3.05) is 13.7 Å². The van der Waals surface area contributed by atoms with E-state index in [4.69, 9.17) is 4.74 Å². The number of aromatic nitrogens is 2. The molecular weight excluding hydrogens is 230 g/mol. The third-order valence-electron chi connectivity index (χ3n) is 3.09. The molecule has 1 aliphatic heterocycles. The summed E-state index contributed by atoms with van der Waals surface area (Å²) in [5, 5.41) is 10.0. The number of benzene rings is 1. The molecule has 0 unspecified atom stereocenters. The second-order valence-corrected chi connectivity index (χ2v) is 4.16. The zero-order valence-corrected chi connectivity index (χ0v) is 9.99. The third kappa shape index (κ3) is 1.64. The van der Waals surface area contributed by atoms with Crippen molar-refractivity contribution in [2.24, 2.45) is 0 Å². The van der Waals surface area contributed by atoms with E-state index >= 15 is 0 Å². The van der Waals surface area contributed by atoms with Gasteiger partial charge in [0.05, 0.1) is 18.4 Å². The molecule has 2 aromatic rings. The minimum Gasteiger partial charge on any atom is -0.497 e. The molecule has 18 heavy (non-hydrogen) atoms. The number of nitrogens with zero attached hydrogens (tertiary/aromatic N) is 1. The van der Waals surface area contributed by atoms with Crippen molar-refractivity contribution in [3.8, 4) is 17.0 Å². The first-order valence-electron chi connectivity index (χ1n) is 5.79. The summed E-state index contributed by atoms with van der Waals surface area (Å²) in [7, 11) is 1.62. The summed E-state index contributed by atoms with van der Waals surface area (Å²) in [5.41, 5.74) is 3.17. The summed E-state index contributed by atoms with van der Waals surface area (Å²) in [5.74, 6) is 0.725. The maximum atomic E-state index is 11.9. The highest BCUT2D eigenvalue weighted by atomic mass is 16.5. The predicted octanol–water partition coefficient (Wildman–Crippen LogP) is 1.37. The number of aromatic amines is 1. The Hall–Kier alpha value is -2.30. The highest BCUT2D eigenvalue weighted by molar-refractivity contribution is 6.01. The lowest BCUT2D eigenvalue weighted by molar-refractivity contribution is 0.0946. The smallest absolute Gasteiger partial charge is 0.255 e. The van der Waals surface area contributed by atoms with E-state index < -0.39 is 0 Å². The molecule has 5 heteroatoms. The first-order chi connectivity index (χ1) is 8.79. The van der Waals surface area contributed by atoms with Gasteiger partial charge in [-0.1, -0.05) is 0 Å². The number of ether oxygens (including phenoxy) is 1. The van der Waals surface area contributed by atoms with Crippen molar-refractivity contribution >= 4 is 5.91 Å². The summed E-state index contributed by atoms with van der Waals surface area (Å²) in [6.07, 6.45) is 0.796. The van der Waals surface area contributed by atoms with Gasteiger partial charge in [-0.05, 0) is 24.3 Å². The number of hydrogen-bond acceptors (Lipinski definition) is 3. The van der Waals surface area contributed by atoms with Gasteiger partial charge in [-0.3, -0.25) is 9.89 Å². The molecule has 1 aliphatic rings. The molecule has 0 saturated heterocycles. The van der Waals surface area contributed by atoms with Gasteiger partial charge < -0.3 is 10.1 Å². The molecule has 0 bridgehead atoms. The lowest BCUT2D eigenvalue weighted by atomic mass is 10.0. The number of fused-ring (bicyclic) bond motifs is 1. The van der Waals surface area contributed by atoms with Crippen molar-refractivity contribution in [1.82, 2.24) is 15.5 Å². The number of carbonyl (C=O) groups excluding carboxylic acids is 1. The predicted molar refractivity (Wildman–Crippen MR) is 66.6 cm³/mol. The van der Waals surface area contributed by atoms with E-state index in [1.165, 1.54) is 0 Å². The maximum Gasteiger partial charge on any atom is 0.255 e. The Labute approximate surface area is 104 Å². The van der Waals surface area contributed by atoms with Gasteiger partial charge in [-0.15, -0.1) is 0 Å². The van der Waals surface area contributed by atoms with Crippen LogP contribution in [0.3, 0.4) is 0 Å².